The van der Waals surface area contributed by atoms with Crippen molar-refractivity contribution in [3.05, 3.63) is 0 Å². The summed E-state index contributed by atoms with van der Waals surface area (Å²) >= 11 is 2.12. The first-order chi connectivity index (χ1) is 10.8. The molecule has 0 aromatic heterocycles. The Labute approximate surface area is 164 Å². The van der Waals surface area contributed by atoms with Crippen molar-refractivity contribution in [2.24, 2.45) is 10.9 Å². The van der Waals surface area contributed by atoms with Crippen molar-refractivity contribution in [1.82, 2.24) is 15.1 Å². The second-order valence-electron chi connectivity index (χ2n) is 6.56. The highest BCUT2D eigenvalue weighted by Crippen LogP contribution is 2.21. The number of guanidine groups is 1. The van der Waals surface area contributed by atoms with Gasteiger partial charge in [-0.1, -0.05) is 13.8 Å². The summed E-state index contributed by atoms with van der Waals surface area (Å²) in [5, 5.41) is 4.42. The SMILES string of the molecule is CCCN1CCC(CNC(=NC)N2CCSC(CC)C2)CC1.I. The van der Waals surface area contributed by atoms with Crippen LogP contribution >= 0.6 is 35.7 Å². The molecule has 0 aliphatic carbocycles. The zero-order valence-corrected chi connectivity index (χ0v) is 18.2. The van der Waals surface area contributed by atoms with Gasteiger partial charge in [-0.25, -0.2) is 0 Å². The quantitative estimate of drug-likeness (QED) is 0.393. The predicted molar refractivity (Wildman–Crippen MR) is 114 cm³/mol. The molecular formula is C17H35IN4S. The lowest BCUT2D eigenvalue weighted by Crippen LogP contribution is -2.49. The third-order valence-corrected chi connectivity index (χ3v) is 6.27. The zero-order valence-electron chi connectivity index (χ0n) is 15.1. The molecule has 1 atom stereocenters. The van der Waals surface area contributed by atoms with E-state index in [1.165, 1.54) is 51.1 Å². The maximum Gasteiger partial charge on any atom is 0.193 e. The van der Waals surface area contributed by atoms with Crippen molar-refractivity contribution >= 4 is 41.7 Å². The van der Waals surface area contributed by atoms with Gasteiger partial charge in [0.1, 0.15) is 0 Å². The maximum atomic E-state index is 4.52. The Morgan fingerprint density at radius 1 is 1.22 bits per heavy atom. The molecule has 1 N–H and O–H groups in total. The molecule has 0 spiro atoms. The number of nitrogens with zero attached hydrogens (tertiary/aromatic N) is 3. The highest BCUT2D eigenvalue weighted by molar-refractivity contribution is 14.0. The Bertz CT molecular complexity index is 345. The number of likely N-dealkylation sites (tertiary alicyclic amines) is 1. The summed E-state index contributed by atoms with van der Waals surface area (Å²) in [7, 11) is 1.93. The monoisotopic (exact) mass is 454 g/mol. The fourth-order valence-electron chi connectivity index (χ4n) is 3.46. The molecule has 0 aromatic carbocycles. The van der Waals surface area contributed by atoms with E-state index in [1.54, 1.807) is 0 Å². The fourth-order valence-corrected chi connectivity index (χ4v) is 4.64. The molecule has 2 rings (SSSR count). The van der Waals surface area contributed by atoms with Gasteiger partial charge in [-0.2, -0.15) is 11.8 Å². The Kier molecular flexibility index (Phi) is 10.9. The van der Waals surface area contributed by atoms with E-state index in [4.69, 9.17) is 0 Å². The van der Waals surface area contributed by atoms with Crippen molar-refractivity contribution in [3.63, 3.8) is 0 Å². The number of hydrogen-bond acceptors (Lipinski definition) is 3. The van der Waals surface area contributed by atoms with Crippen LogP contribution in [0, 0.1) is 5.92 Å². The topological polar surface area (TPSA) is 30.9 Å². The number of thioether (sulfide) groups is 1. The summed E-state index contributed by atoms with van der Waals surface area (Å²) in [4.78, 5) is 9.59. The lowest BCUT2D eigenvalue weighted by Gasteiger charge is -2.36. The minimum absolute atomic E-state index is 0. The smallest absolute Gasteiger partial charge is 0.193 e. The third-order valence-electron chi connectivity index (χ3n) is 4.90. The summed E-state index contributed by atoms with van der Waals surface area (Å²) in [6.07, 6.45) is 5.20. The molecule has 4 nitrogen and oxygen atoms in total. The van der Waals surface area contributed by atoms with Crippen molar-refractivity contribution < 1.29 is 0 Å². The van der Waals surface area contributed by atoms with Crippen LogP contribution < -0.4 is 5.32 Å². The average molecular weight is 454 g/mol. The van der Waals surface area contributed by atoms with E-state index in [1.807, 2.05) is 7.05 Å². The predicted octanol–water partition coefficient (Wildman–Crippen LogP) is 3.13. The van der Waals surface area contributed by atoms with E-state index in [0.29, 0.717) is 0 Å². The van der Waals surface area contributed by atoms with Gasteiger partial charge in [-0.3, -0.25) is 4.99 Å². The van der Waals surface area contributed by atoms with E-state index in [9.17, 15) is 0 Å². The average Bonchev–Trinajstić information content (AvgIpc) is 2.57. The van der Waals surface area contributed by atoms with Crippen LogP contribution in [0.2, 0.25) is 0 Å². The molecule has 0 bridgehead atoms. The number of halogens is 1. The number of piperidine rings is 1. The van der Waals surface area contributed by atoms with E-state index in [-0.39, 0.29) is 24.0 Å². The van der Waals surface area contributed by atoms with E-state index < -0.39 is 0 Å². The maximum absolute atomic E-state index is 4.52. The molecular weight excluding hydrogens is 419 g/mol. The molecule has 0 saturated carbocycles. The van der Waals surface area contributed by atoms with Crippen LogP contribution in [0.15, 0.2) is 4.99 Å². The van der Waals surface area contributed by atoms with Gasteiger partial charge in [-0.05, 0) is 51.2 Å². The van der Waals surface area contributed by atoms with Crippen LogP contribution in [0.25, 0.3) is 0 Å². The molecule has 2 aliphatic heterocycles. The number of rotatable bonds is 5. The second-order valence-corrected chi connectivity index (χ2v) is 7.97. The number of aliphatic imine (C=N–C) groups is 1. The lowest BCUT2D eigenvalue weighted by atomic mass is 9.97. The van der Waals surface area contributed by atoms with Gasteiger partial charge in [0.2, 0.25) is 0 Å². The first-order valence-electron chi connectivity index (χ1n) is 9.06. The Morgan fingerprint density at radius 3 is 2.57 bits per heavy atom. The van der Waals surface area contributed by atoms with Gasteiger partial charge in [-0.15, -0.1) is 24.0 Å². The molecule has 0 radical (unpaired) electrons. The molecule has 23 heavy (non-hydrogen) atoms. The standard InChI is InChI=1S/C17H34N4S.HI/c1-4-8-20-9-6-15(7-10-20)13-19-17(18-3)21-11-12-22-16(5-2)14-21;/h15-16H,4-14H2,1-3H3,(H,18,19);1H. The summed E-state index contributed by atoms with van der Waals surface area (Å²) < 4.78 is 0. The van der Waals surface area contributed by atoms with Crippen molar-refractivity contribution in [2.75, 3.05) is 52.1 Å². The van der Waals surface area contributed by atoms with Crippen molar-refractivity contribution in [3.8, 4) is 0 Å². The first kappa shape index (κ1) is 21.4. The molecule has 0 amide bonds. The van der Waals surface area contributed by atoms with Gasteiger partial charge in [0.05, 0.1) is 0 Å². The van der Waals surface area contributed by atoms with Gasteiger partial charge >= 0.3 is 0 Å². The Balaban J connectivity index is 0.00000264. The molecule has 136 valence electrons. The molecule has 0 aromatic rings. The lowest BCUT2D eigenvalue weighted by molar-refractivity contribution is 0.185. The zero-order chi connectivity index (χ0) is 15.8. The molecule has 2 saturated heterocycles. The van der Waals surface area contributed by atoms with E-state index in [0.717, 1.165) is 36.8 Å². The van der Waals surface area contributed by atoms with Gasteiger partial charge in [0.25, 0.3) is 0 Å². The van der Waals surface area contributed by atoms with Crippen LogP contribution in [0.5, 0.6) is 0 Å². The second kappa shape index (κ2) is 11.8. The Morgan fingerprint density at radius 2 is 1.96 bits per heavy atom. The minimum Gasteiger partial charge on any atom is -0.356 e. The summed E-state index contributed by atoms with van der Waals surface area (Å²) in [6, 6.07) is 0. The highest BCUT2D eigenvalue weighted by Gasteiger charge is 2.23. The van der Waals surface area contributed by atoms with Crippen molar-refractivity contribution in [2.45, 2.75) is 44.8 Å². The normalized spacial score (nSPS) is 24.4. The molecule has 2 heterocycles. The van der Waals surface area contributed by atoms with E-state index in [2.05, 4.69) is 45.7 Å². The minimum atomic E-state index is 0. The van der Waals surface area contributed by atoms with Gasteiger partial charge in [0.15, 0.2) is 5.96 Å². The molecule has 2 fully saturated rings. The van der Waals surface area contributed by atoms with Gasteiger partial charge in [0, 0.05) is 37.7 Å². The fraction of sp³-hybridized carbons (Fsp3) is 0.941. The van der Waals surface area contributed by atoms with Crippen LogP contribution in [-0.4, -0.2) is 73.1 Å². The van der Waals surface area contributed by atoms with Crippen LogP contribution in [0.1, 0.15) is 39.5 Å². The molecule has 6 heteroatoms. The summed E-state index contributed by atoms with van der Waals surface area (Å²) in [5.74, 6) is 3.16. The summed E-state index contributed by atoms with van der Waals surface area (Å²) in [5.41, 5.74) is 0. The Hall–Kier alpha value is 0.310. The first-order valence-corrected chi connectivity index (χ1v) is 10.1. The van der Waals surface area contributed by atoms with Crippen LogP contribution in [-0.2, 0) is 0 Å². The van der Waals surface area contributed by atoms with Crippen LogP contribution in [0.3, 0.4) is 0 Å². The number of nitrogens with one attached hydrogen (secondary N) is 1. The number of hydrogen-bond donors (Lipinski definition) is 1. The van der Waals surface area contributed by atoms with Crippen molar-refractivity contribution in [1.29, 1.82) is 0 Å². The van der Waals surface area contributed by atoms with Crippen LogP contribution in [0.4, 0.5) is 0 Å². The highest BCUT2D eigenvalue weighted by atomic mass is 127. The third kappa shape index (κ3) is 6.98. The molecule has 2 aliphatic rings. The largest absolute Gasteiger partial charge is 0.356 e. The molecule has 1 unspecified atom stereocenters. The summed E-state index contributed by atoms with van der Waals surface area (Å²) in [6.45, 7) is 11.8. The van der Waals surface area contributed by atoms with Gasteiger partial charge < -0.3 is 15.1 Å². The van der Waals surface area contributed by atoms with E-state index >= 15 is 0 Å².